The molecule has 0 aromatic heterocycles. The van der Waals surface area contributed by atoms with Crippen molar-refractivity contribution < 1.29 is 4.79 Å². The Morgan fingerprint density at radius 3 is 2.59 bits per heavy atom. The van der Waals surface area contributed by atoms with Crippen LogP contribution in [0.2, 0.25) is 0 Å². The zero-order chi connectivity index (χ0) is 15.9. The number of nitrogens with one attached hydrogen (secondary N) is 1. The van der Waals surface area contributed by atoms with Crippen LogP contribution in [0.5, 0.6) is 0 Å². The van der Waals surface area contributed by atoms with Crippen molar-refractivity contribution >= 4 is 33.2 Å². The van der Waals surface area contributed by atoms with E-state index >= 15 is 0 Å². The first kappa shape index (κ1) is 16.2. The fourth-order valence-electron chi connectivity index (χ4n) is 1.95. The molecule has 2 aromatic carbocycles. The summed E-state index contributed by atoms with van der Waals surface area (Å²) in [5.74, 6) is -0.152. The number of carbonyl (C=O) groups excluding carboxylic acids is 1. The second kappa shape index (κ2) is 7.75. The van der Waals surface area contributed by atoms with Gasteiger partial charge >= 0.3 is 0 Å². The lowest BCUT2D eigenvalue weighted by molar-refractivity contribution is -0.119. The van der Waals surface area contributed by atoms with Gasteiger partial charge in [-0.3, -0.25) is 4.79 Å². The van der Waals surface area contributed by atoms with Gasteiger partial charge in [-0.1, -0.05) is 46.3 Å². The maximum atomic E-state index is 12.0. The van der Waals surface area contributed by atoms with Gasteiger partial charge in [0.05, 0.1) is 12.3 Å². The van der Waals surface area contributed by atoms with Crippen molar-refractivity contribution in [1.82, 2.24) is 5.43 Å². The van der Waals surface area contributed by atoms with Crippen molar-refractivity contribution in [1.29, 1.82) is 0 Å². The molecule has 1 N–H and O–H groups in total. The number of amides is 1. The van der Waals surface area contributed by atoms with Gasteiger partial charge in [0.1, 0.15) is 0 Å². The summed E-state index contributed by atoms with van der Waals surface area (Å²) in [4.78, 5) is 13.8. The first-order valence-corrected chi connectivity index (χ1v) is 7.71. The topological polar surface area (TPSA) is 44.7 Å². The zero-order valence-electron chi connectivity index (χ0n) is 12.6. The van der Waals surface area contributed by atoms with Gasteiger partial charge in [-0.05, 0) is 36.8 Å². The average molecular weight is 360 g/mol. The van der Waals surface area contributed by atoms with E-state index in [4.69, 9.17) is 0 Å². The maximum Gasteiger partial charge on any atom is 0.259 e. The number of likely N-dealkylation sites (N-methyl/N-ethyl adjacent to an activating group) is 1. The van der Waals surface area contributed by atoms with Gasteiger partial charge in [0, 0.05) is 17.2 Å². The van der Waals surface area contributed by atoms with Crippen molar-refractivity contribution in [3.63, 3.8) is 0 Å². The van der Waals surface area contributed by atoms with Gasteiger partial charge < -0.3 is 4.90 Å². The van der Waals surface area contributed by atoms with Crippen molar-refractivity contribution in [3.8, 4) is 0 Å². The number of anilines is 1. The van der Waals surface area contributed by atoms with E-state index in [9.17, 15) is 4.79 Å². The monoisotopic (exact) mass is 359 g/mol. The Hall–Kier alpha value is -2.14. The third kappa shape index (κ3) is 4.70. The van der Waals surface area contributed by atoms with E-state index in [2.05, 4.69) is 26.5 Å². The van der Waals surface area contributed by atoms with Gasteiger partial charge in [-0.25, -0.2) is 5.43 Å². The highest BCUT2D eigenvalue weighted by atomic mass is 79.9. The minimum Gasteiger partial charge on any atom is -0.365 e. The smallest absolute Gasteiger partial charge is 0.259 e. The van der Waals surface area contributed by atoms with Crippen molar-refractivity contribution in [2.45, 2.75) is 6.92 Å². The molecule has 2 aromatic rings. The van der Waals surface area contributed by atoms with E-state index in [-0.39, 0.29) is 12.5 Å². The molecular formula is C17H18BrN3O. The molecule has 0 fully saturated rings. The minimum absolute atomic E-state index is 0.152. The number of rotatable bonds is 5. The van der Waals surface area contributed by atoms with Gasteiger partial charge in [-0.15, -0.1) is 0 Å². The van der Waals surface area contributed by atoms with Crippen LogP contribution in [0.25, 0.3) is 0 Å². The number of hydrogen-bond donors (Lipinski definition) is 1. The average Bonchev–Trinajstić information content (AvgIpc) is 2.53. The summed E-state index contributed by atoms with van der Waals surface area (Å²) in [5, 5.41) is 4.15. The molecule has 0 aliphatic heterocycles. The summed E-state index contributed by atoms with van der Waals surface area (Å²) in [6, 6.07) is 17.6. The maximum absolute atomic E-state index is 12.0. The molecule has 114 valence electrons. The highest BCUT2D eigenvalue weighted by Gasteiger charge is 2.06. The van der Waals surface area contributed by atoms with Crippen LogP contribution in [-0.2, 0) is 4.79 Å². The zero-order valence-corrected chi connectivity index (χ0v) is 14.2. The first-order chi connectivity index (χ1) is 10.6. The predicted molar refractivity (Wildman–Crippen MR) is 94.2 cm³/mol. The number of halogens is 1. The van der Waals surface area contributed by atoms with E-state index in [1.165, 1.54) is 0 Å². The summed E-state index contributed by atoms with van der Waals surface area (Å²) < 4.78 is 0.981. The summed E-state index contributed by atoms with van der Waals surface area (Å²) in [6.45, 7) is 2.11. The lowest BCUT2D eigenvalue weighted by Crippen LogP contribution is -2.33. The van der Waals surface area contributed by atoms with Crippen LogP contribution < -0.4 is 10.3 Å². The number of nitrogens with zero attached hydrogens (tertiary/aromatic N) is 2. The molecular weight excluding hydrogens is 342 g/mol. The molecule has 1 amide bonds. The first-order valence-electron chi connectivity index (χ1n) is 6.91. The number of para-hydroxylation sites is 1. The molecule has 22 heavy (non-hydrogen) atoms. The molecule has 0 saturated heterocycles. The predicted octanol–water partition coefficient (Wildman–Crippen LogP) is 3.43. The summed E-state index contributed by atoms with van der Waals surface area (Å²) in [6.07, 6.45) is 0. The minimum atomic E-state index is -0.152. The van der Waals surface area contributed by atoms with E-state index in [0.29, 0.717) is 0 Å². The second-order valence-electron chi connectivity index (χ2n) is 4.93. The van der Waals surface area contributed by atoms with E-state index in [1.54, 1.807) is 0 Å². The SMILES string of the molecule is C/C(=N\NC(=O)CN(C)c1ccccc1)c1cccc(Br)c1. The summed E-state index contributed by atoms with van der Waals surface area (Å²) in [5.41, 5.74) is 5.31. The Kier molecular flexibility index (Phi) is 5.72. The van der Waals surface area contributed by atoms with E-state index in [0.717, 1.165) is 21.4 Å². The third-order valence-electron chi connectivity index (χ3n) is 3.17. The molecule has 0 aliphatic carbocycles. The molecule has 2 rings (SSSR count). The number of hydrazone groups is 1. The molecule has 0 unspecified atom stereocenters. The molecule has 0 saturated carbocycles. The fourth-order valence-corrected chi connectivity index (χ4v) is 2.35. The van der Waals surface area contributed by atoms with Crippen molar-refractivity contribution in [2.24, 2.45) is 5.10 Å². The van der Waals surface area contributed by atoms with Gasteiger partial charge in [0.15, 0.2) is 0 Å². The van der Waals surface area contributed by atoms with Gasteiger partial charge in [0.2, 0.25) is 0 Å². The Morgan fingerprint density at radius 1 is 1.18 bits per heavy atom. The highest BCUT2D eigenvalue weighted by Crippen LogP contribution is 2.12. The Bertz CT molecular complexity index is 671. The lowest BCUT2D eigenvalue weighted by atomic mass is 10.1. The number of carbonyl (C=O) groups is 1. The Balaban J connectivity index is 1.93. The van der Waals surface area contributed by atoms with Crippen molar-refractivity contribution in [3.05, 3.63) is 64.6 Å². The van der Waals surface area contributed by atoms with Crippen LogP contribution in [0.4, 0.5) is 5.69 Å². The lowest BCUT2D eigenvalue weighted by Gasteiger charge is -2.17. The molecule has 4 nitrogen and oxygen atoms in total. The van der Waals surface area contributed by atoms with Crippen LogP contribution >= 0.6 is 15.9 Å². The third-order valence-corrected chi connectivity index (χ3v) is 3.66. The number of benzene rings is 2. The quantitative estimate of drug-likeness (QED) is 0.656. The van der Waals surface area contributed by atoms with Crippen LogP contribution in [0.1, 0.15) is 12.5 Å². The van der Waals surface area contributed by atoms with Crippen LogP contribution in [0, 0.1) is 0 Å². The number of hydrogen-bond acceptors (Lipinski definition) is 3. The van der Waals surface area contributed by atoms with E-state index in [1.807, 2.05) is 73.5 Å². The summed E-state index contributed by atoms with van der Waals surface area (Å²) in [7, 11) is 1.87. The Labute approximate surface area is 139 Å². The molecule has 0 radical (unpaired) electrons. The highest BCUT2D eigenvalue weighted by molar-refractivity contribution is 9.10. The Morgan fingerprint density at radius 2 is 1.91 bits per heavy atom. The van der Waals surface area contributed by atoms with E-state index < -0.39 is 0 Å². The largest absolute Gasteiger partial charge is 0.365 e. The van der Waals surface area contributed by atoms with Gasteiger partial charge in [0.25, 0.3) is 5.91 Å². The van der Waals surface area contributed by atoms with Crippen molar-refractivity contribution in [2.75, 3.05) is 18.5 Å². The standard InChI is InChI=1S/C17H18BrN3O/c1-13(14-7-6-8-15(18)11-14)19-20-17(22)12-21(2)16-9-4-3-5-10-16/h3-11H,12H2,1-2H3,(H,20,22)/b19-13+. The summed E-state index contributed by atoms with van der Waals surface area (Å²) >= 11 is 3.42. The molecule has 5 heteroatoms. The molecule has 0 aliphatic rings. The molecule has 0 heterocycles. The van der Waals surface area contributed by atoms with Gasteiger partial charge in [-0.2, -0.15) is 5.10 Å². The van der Waals surface area contributed by atoms with Crippen LogP contribution in [-0.4, -0.2) is 25.2 Å². The normalized spacial score (nSPS) is 11.1. The van der Waals surface area contributed by atoms with Crippen LogP contribution in [0.15, 0.2) is 64.2 Å². The molecule has 0 bridgehead atoms. The fraction of sp³-hybridized carbons (Fsp3) is 0.176. The molecule has 0 spiro atoms. The second-order valence-corrected chi connectivity index (χ2v) is 5.85. The van der Waals surface area contributed by atoms with Crippen LogP contribution in [0.3, 0.4) is 0 Å². The molecule has 0 atom stereocenters.